The second kappa shape index (κ2) is 10.9. The van der Waals surface area contributed by atoms with Crippen LogP contribution in [0.4, 0.5) is 5.69 Å². The van der Waals surface area contributed by atoms with Gasteiger partial charge in [0.2, 0.25) is 5.91 Å². The Morgan fingerprint density at radius 1 is 1.15 bits per heavy atom. The molecule has 10 heteroatoms. The van der Waals surface area contributed by atoms with Gasteiger partial charge in [0, 0.05) is 5.69 Å². The molecule has 0 bridgehead atoms. The Labute approximate surface area is 194 Å². The average Bonchev–Trinajstić information content (AvgIpc) is 3.13. The average molecular weight is 472 g/mol. The van der Waals surface area contributed by atoms with Crippen molar-refractivity contribution in [3.63, 3.8) is 0 Å². The fourth-order valence-corrected chi connectivity index (χ4v) is 4.17. The number of aromatic nitrogens is 2. The second-order valence-electron chi connectivity index (χ2n) is 7.25. The number of nitrogens with zero attached hydrogens (tertiary/aromatic N) is 2. The Morgan fingerprint density at radius 2 is 1.94 bits per heavy atom. The number of fused-ring (bicyclic) bond motifs is 1. The molecule has 0 aliphatic rings. The van der Waals surface area contributed by atoms with E-state index in [2.05, 4.69) is 10.3 Å². The van der Waals surface area contributed by atoms with Crippen LogP contribution in [0.1, 0.15) is 52.3 Å². The molecule has 0 atom stereocenters. The van der Waals surface area contributed by atoms with E-state index in [-0.39, 0.29) is 18.5 Å². The lowest BCUT2D eigenvalue weighted by Gasteiger charge is -2.09. The Kier molecular flexibility index (Phi) is 7.94. The third kappa shape index (κ3) is 5.64. The Morgan fingerprint density at radius 3 is 2.67 bits per heavy atom. The van der Waals surface area contributed by atoms with Crippen LogP contribution in [0.2, 0.25) is 0 Å². The van der Waals surface area contributed by atoms with Gasteiger partial charge in [0.1, 0.15) is 16.3 Å². The van der Waals surface area contributed by atoms with E-state index in [1.165, 1.54) is 17.0 Å². The molecule has 0 aliphatic heterocycles. The lowest BCUT2D eigenvalue weighted by Crippen LogP contribution is -2.28. The van der Waals surface area contributed by atoms with E-state index < -0.39 is 23.4 Å². The maximum atomic E-state index is 12.9. The van der Waals surface area contributed by atoms with Crippen molar-refractivity contribution in [3.05, 3.63) is 57.0 Å². The third-order valence-corrected chi connectivity index (χ3v) is 5.99. The van der Waals surface area contributed by atoms with Gasteiger partial charge >= 0.3 is 11.9 Å². The molecule has 1 N–H and O–H groups in total. The Balaban J connectivity index is 1.75. The van der Waals surface area contributed by atoms with E-state index in [1.807, 2.05) is 6.92 Å². The molecule has 0 saturated carbocycles. The summed E-state index contributed by atoms with van der Waals surface area (Å²) in [5, 5.41) is 2.96. The number of hydrogen-bond donors (Lipinski definition) is 1. The fourth-order valence-electron chi connectivity index (χ4n) is 3.13. The van der Waals surface area contributed by atoms with Gasteiger partial charge in [-0.25, -0.2) is 14.6 Å². The van der Waals surface area contributed by atoms with Crippen LogP contribution in [-0.2, 0) is 20.8 Å². The van der Waals surface area contributed by atoms with Crippen LogP contribution in [-0.4, -0.2) is 40.6 Å². The molecular weight excluding hydrogens is 446 g/mol. The quantitative estimate of drug-likeness (QED) is 0.375. The zero-order valence-electron chi connectivity index (χ0n) is 18.7. The first-order chi connectivity index (χ1) is 15.8. The summed E-state index contributed by atoms with van der Waals surface area (Å²) in [4.78, 5) is 54.7. The van der Waals surface area contributed by atoms with Crippen molar-refractivity contribution in [2.24, 2.45) is 0 Å². The summed E-state index contributed by atoms with van der Waals surface area (Å²) in [6, 6.07) is 6.40. The van der Waals surface area contributed by atoms with Crippen molar-refractivity contribution in [1.82, 2.24) is 9.55 Å². The highest BCUT2D eigenvalue weighted by Gasteiger charge is 2.21. The molecule has 0 spiro atoms. The maximum absolute atomic E-state index is 12.9. The molecule has 3 rings (SSSR count). The zero-order chi connectivity index (χ0) is 24.0. The topological polar surface area (TPSA) is 117 Å². The number of amides is 1. The van der Waals surface area contributed by atoms with Gasteiger partial charge in [-0.15, -0.1) is 11.3 Å². The summed E-state index contributed by atoms with van der Waals surface area (Å²) < 4.78 is 11.4. The normalized spacial score (nSPS) is 10.8. The van der Waals surface area contributed by atoms with Gasteiger partial charge in [0.15, 0.2) is 0 Å². The van der Waals surface area contributed by atoms with Crippen LogP contribution in [0.25, 0.3) is 10.2 Å². The van der Waals surface area contributed by atoms with Gasteiger partial charge in [0.05, 0.1) is 30.5 Å². The van der Waals surface area contributed by atoms with Gasteiger partial charge in [-0.2, -0.15) is 0 Å². The van der Waals surface area contributed by atoms with E-state index in [0.29, 0.717) is 33.1 Å². The van der Waals surface area contributed by atoms with Gasteiger partial charge in [-0.1, -0.05) is 19.4 Å². The number of carbonyl (C=O) groups excluding carboxylic acids is 3. The largest absolute Gasteiger partial charge is 0.462 e. The Hall–Kier alpha value is -3.53. The van der Waals surface area contributed by atoms with Crippen molar-refractivity contribution < 1.29 is 23.9 Å². The highest BCUT2D eigenvalue weighted by molar-refractivity contribution is 7.20. The number of hydrogen-bond acceptors (Lipinski definition) is 8. The SMILES string of the molecule is CCCCOC(=O)c1cccc(NC(=O)Cn2cnc3sc(C(=O)OCC)c(C)c3c2=O)c1. The molecule has 0 fully saturated rings. The lowest BCUT2D eigenvalue weighted by atomic mass is 10.2. The van der Waals surface area contributed by atoms with Crippen LogP contribution in [0, 0.1) is 6.92 Å². The summed E-state index contributed by atoms with van der Waals surface area (Å²) in [5.74, 6) is -1.43. The molecule has 0 unspecified atom stereocenters. The summed E-state index contributed by atoms with van der Waals surface area (Å²) in [6.45, 7) is 5.64. The summed E-state index contributed by atoms with van der Waals surface area (Å²) in [7, 11) is 0. The van der Waals surface area contributed by atoms with Crippen molar-refractivity contribution in [2.75, 3.05) is 18.5 Å². The van der Waals surface area contributed by atoms with Crippen LogP contribution in [0.3, 0.4) is 0 Å². The van der Waals surface area contributed by atoms with E-state index >= 15 is 0 Å². The van der Waals surface area contributed by atoms with Crippen LogP contribution < -0.4 is 10.9 Å². The van der Waals surface area contributed by atoms with E-state index in [0.717, 1.165) is 24.2 Å². The van der Waals surface area contributed by atoms with Crippen LogP contribution in [0.15, 0.2) is 35.4 Å². The van der Waals surface area contributed by atoms with Gasteiger partial charge in [-0.05, 0) is 44.0 Å². The number of nitrogens with one attached hydrogen (secondary N) is 1. The minimum absolute atomic E-state index is 0.224. The molecule has 0 aliphatic carbocycles. The van der Waals surface area contributed by atoms with E-state index in [4.69, 9.17) is 9.47 Å². The van der Waals surface area contributed by atoms with Gasteiger partial charge < -0.3 is 14.8 Å². The van der Waals surface area contributed by atoms with Crippen molar-refractivity contribution in [1.29, 1.82) is 0 Å². The van der Waals surface area contributed by atoms with Crippen molar-refractivity contribution in [2.45, 2.75) is 40.2 Å². The number of benzene rings is 1. The molecule has 3 aromatic rings. The third-order valence-electron chi connectivity index (χ3n) is 4.81. The number of thiophene rings is 1. The summed E-state index contributed by atoms with van der Waals surface area (Å²) in [5.41, 5.74) is 0.788. The standard InChI is InChI=1S/C23H25N3O6S/c1-4-6-10-32-22(29)15-8-7-9-16(11-15)25-17(27)12-26-13-24-20-18(21(26)28)14(3)19(33-20)23(30)31-5-2/h7-9,11,13H,4-6,10,12H2,1-3H3,(H,25,27). The molecule has 33 heavy (non-hydrogen) atoms. The molecular formula is C23H25N3O6S. The number of aryl methyl sites for hydroxylation is 1. The highest BCUT2D eigenvalue weighted by Crippen LogP contribution is 2.27. The van der Waals surface area contributed by atoms with Gasteiger partial charge in [0.25, 0.3) is 5.56 Å². The van der Waals surface area contributed by atoms with E-state index in [9.17, 15) is 19.2 Å². The molecule has 1 aromatic carbocycles. The molecule has 9 nitrogen and oxygen atoms in total. The first-order valence-electron chi connectivity index (χ1n) is 10.6. The fraction of sp³-hybridized carbons (Fsp3) is 0.348. The number of carbonyl (C=O) groups is 3. The first-order valence-corrected chi connectivity index (χ1v) is 11.4. The number of ether oxygens (including phenoxy) is 2. The minimum Gasteiger partial charge on any atom is -0.462 e. The molecule has 0 saturated heterocycles. The van der Waals surface area contributed by atoms with Crippen molar-refractivity contribution >= 4 is 45.1 Å². The smallest absolute Gasteiger partial charge is 0.348 e. The van der Waals surface area contributed by atoms with E-state index in [1.54, 1.807) is 32.0 Å². The predicted octanol–water partition coefficient (Wildman–Crippen LogP) is 3.54. The molecule has 0 radical (unpaired) electrons. The summed E-state index contributed by atoms with van der Waals surface area (Å²) in [6.07, 6.45) is 2.97. The Bertz CT molecular complexity index is 1250. The van der Waals surface area contributed by atoms with Crippen molar-refractivity contribution in [3.8, 4) is 0 Å². The molecule has 1 amide bonds. The number of rotatable bonds is 9. The predicted molar refractivity (Wildman–Crippen MR) is 125 cm³/mol. The molecule has 2 aromatic heterocycles. The number of anilines is 1. The minimum atomic E-state index is -0.505. The van der Waals surface area contributed by atoms with Crippen LogP contribution in [0.5, 0.6) is 0 Å². The lowest BCUT2D eigenvalue weighted by molar-refractivity contribution is -0.116. The molecule has 2 heterocycles. The maximum Gasteiger partial charge on any atom is 0.348 e. The van der Waals surface area contributed by atoms with Crippen LogP contribution >= 0.6 is 11.3 Å². The molecule has 174 valence electrons. The number of unbranched alkanes of at least 4 members (excludes halogenated alkanes) is 1. The second-order valence-corrected chi connectivity index (χ2v) is 8.25. The number of esters is 2. The summed E-state index contributed by atoms with van der Waals surface area (Å²) >= 11 is 1.08. The van der Waals surface area contributed by atoms with Gasteiger partial charge in [-0.3, -0.25) is 14.2 Å². The highest BCUT2D eigenvalue weighted by atomic mass is 32.1. The zero-order valence-corrected chi connectivity index (χ0v) is 19.5. The first kappa shape index (κ1) is 24.1. The monoisotopic (exact) mass is 471 g/mol.